The molecular formula is C19H13BrFNO4. The van der Waals surface area contributed by atoms with Crippen LogP contribution in [0, 0.1) is 15.9 Å². The van der Waals surface area contributed by atoms with Crippen molar-refractivity contribution in [3.05, 3.63) is 92.7 Å². The van der Waals surface area contributed by atoms with Crippen LogP contribution in [0.15, 0.2) is 71.2 Å². The number of nitrogens with zero attached hydrogens (tertiary/aromatic N) is 1. The summed E-state index contributed by atoms with van der Waals surface area (Å²) in [6, 6.07) is 17.9. The largest absolute Gasteiger partial charge is 0.484 e. The Morgan fingerprint density at radius 3 is 2.46 bits per heavy atom. The van der Waals surface area contributed by atoms with Crippen LogP contribution in [-0.4, -0.2) is 4.92 Å². The Morgan fingerprint density at radius 1 is 1.00 bits per heavy atom. The van der Waals surface area contributed by atoms with Crippen molar-refractivity contribution in [2.24, 2.45) is 0 Å². The topological polar surface area (TPSA) is 61.6 Å². The molecule has 3 aromatic rings. The maximum absolute atomic E-state index is 14.1. The first-order chi connectivity index (χ1) is 12.5. The second-order valence-electron chi connectivity index (χ2n) is 5.32. The van der Waals surface area contributed by atoms with Crippen molar-refractivity contribution in [2.45, 2.75) is 6.61 Å². The van der Waals surface area contributed by atoms with Crippen molar-refractivity contribution in [3.63, 3.8) is 0 Å². The van der Waals surface area contributed by atoms with Gasteiger partial charge in [-0.05, 0) is 39.7 Å². The highest BCUT2D eigenvalue weighted by Gasteiger charge is 2.16. The molecule has 5 nitrogen and oxygen atoms in total. The molecule has 0 fully saturated rings. The quantitative estimate of drug-likeness (QED) is 0.371. The Kier molecular flexibility index (Phi) is 5.48. The molecule has 0 aliphatic rings. The van der Waals surface area contributed by atoms with Crippen molar-refractivity contribution in [3.8, 4) is 17.2 Å². The summed E-state index contributed by atoms with van der Waals surface area (Å²) >= 11 is 3.40. The molecule has 0 bridgehead atoms. The second-order valence-corrected chi connectivity index (χ2v) is 6.17. The van der Waals surface area contributed by atoms with Crippen molar-refractivity contribution >= 4 is 21.6 Å². The number of halogens is 2. The fourth-order valence-electron chi connectivity index (χ4n) is 2.24. The summed E-state index contributed by atoms with van der Waals surface area (Å²) in [4.78, 5) is 10.0. The highest BCUT2D eigenvalue weighted by Crippen LogP contribution is 2.39. The van der Waals surface area contributed by atoms with Crippen molar-refractivity contribution in [1.29, 1.82) is 0 Å². The summed E-state index contributed by atoms with van der Waals surface area (Å²) in [5.74, 6) is -0.247. The lowest BCUT2D eigenvalue weighted by atomic mass is 10.2. The van der Waals surface area contributed by atoms with Gasteiger partial charge in [-0.25, -0.2) is 4.39 Å². The molecule has 26 heavy (non-hydrogen) atoms. The van der Waals surface area contributed by atoms with Gasteiger partial charge in [-0.2, -0.15) is 0 Å². The van der Waals surface area contributed by atoms with Gasteiger partial charge in [0, 0.05) is 6.07 Å². The van der Waals surface area contributed by atoms with Crippen molar-refractivity contribution in [2.75, 3.05) is 0 Å². The van der Waals surface area contributed by atoms with Gasteiger partial charge in [-0.1, -0.05) is 36.4 Å². The van der Waals surface area contributed by atoms with Gasteiger partial charge in [0.1, 0.15) is 6.61 Å². The zero-order chi connectivity index (χ0) is 18.5. The van der Waals surface area contributed by atoms with Gasteiger partial charge in [0.25, 0.3) is 5.69 Å². The minimum Gasteiger partial charge on any atom is -0.484 e. The first kappa shape index (κ1) is 17.9. The lowest BCUT2D eigenvalue weighted by molar-refractivity contribution is -0.385. The molecule has 0 aliphatic carbocycles. The third-order valence-corrected chi connectivity index (χ3v) is 4.13. The second kappa shape index (κ2) is 7.97. The van der Waals surface area contributed by atoms with Gasteiger partial charge in [0.15, 0.2) is 23.1 Å². The Bertz CT molecular complexity index is 934. The molecule has 0 aliphatic heterocycles. The van der Waals surface area contributed by atoms with E-state index in [0.717, 1.165) is 11.6 Å². The molecule has 0 radical (unpaired) electrons. The van der Waals surface area contributed by atoms with Gasteiger partial charge >= 0.3 is 0 Å². The fourth-order valence-corrected chi connectivity index (χ4v) is 2.71. The molecule has 0 spiro atoms. The van der Waals surface area contributed by atoms with E-state index < -0.39 is 10.7 Å². The van der Waals surface area contributed by atoms with E-state index in [9.17, 15) is 14.5 Å². The lowest BCUT2D eigenvalue weighted by Gasteiger charge is -2.14. The van der Waals surface area contributed by atoms with Crippen LogP contribution in [0.1, 0.15) is 5.56 Å². The van der Waals surface area contributed by atoms with E-state index in [0.29, 0.717) is 22.6 Å². The molecular weight excluding hydrogens is 405 g/mol. The van der Waals surface area contributed by atoms with E-state index in [1.54, 1.807) is 18.2 Å². The predicted molar refractivity (Wildman–Crippen MR) is 98.0 cm³/mol. The SMILES string of the molecule is O=[N+]([O-])c1ccc(Oc2cccc(Br)c2OCc2ccccc2)c(F)c1. The van der Waals surface area contributed by atoms with E-state index >= 15 is 0 Å². The molecule has 0 aromatic heterocycles. The van der Waals surface area contributed by atoms with Crippen LogP contribution in [0.2, 0.25) is 0 Å². The van der Waals surface area contributed by atoms with Crippen LogP contribution in [0.25, 0.3) is 0 Å². The number of non-ortho nitro benzene ring substituents is 1. The molecule has 0 N–H and O–H groups in total. The fraction of sp³-hybridized carbons (Fsp3) is 0.0526. The highest BCUT2D eigenvalue weighted by atomic mass is 79.9. The number of benzene rings is 3. The monoisotopic (exact) mass is 417 g/mol. The Morgan fingerprint density at radius 2 is 1.77 bits per heavy atom. The standard InChI is InChI=1S/C19H13BrFNO4/c20-15-7-4-8-18(19(15)25-12-13-5-2-1-3-6-13)26-17-10-9-14(22(23)24)11-16(17)21/h1-11H,12H2. The molecule has 7 heteroatoms. The first-order valence-corrected chi connectivity index (χ1v) is 8.41. The average Bonchev–Trinajstić information content (AvgIpc) is 2.63. The number of hydrogen-bond donors (Lipinski definition) is 0. The minimum absolute atomic E-state index is 0.127. The van der Waals surface area contributed by atoms with E-state index in [-0.39, 0.29) is 11.4 Å². The Hall–Kier alpha value is -2.93. The lowest BCUT2D eigenvalue weighted by Crippen LogP contribution is -1.99. The molecule has 3 rings (SSSR count). The van der Waals surface area contributed by atoms with Crippen LogP contribution in [-0.2, 0) is 6.61 Å². The number of hydrogen-bond acceptors (Lipinski definition) is 4. The molecule has 0 unspecified atom stereocenters. The van der Waals surface area contributed by atoms with E-state index in [1.807, 2.05) is 30.3 Å². The number of rotatable bonds is 6. The van der Waals surface area contributed by atoms with Crippen LogP contribution in [0.4, 0.5) is 10.1 Å². The number of nitro groups is 1. The summed E-state index contributed by atoms with van der Waals surface area (Å²) in [5.41, 5.74) is 0.625. The van der Waals surface area contributed by atoms with Crippen LogP contribution in [0.5, 0.6) is 17.2 Å². The molecule has 0 atom stereocenters. The van der Waals surface area contributed by atoms with Crippen LogP contribution < -0.4 is 9.47 Å². The molecule has 0 heterocycles. The van der Waals surface area contributed by atoms with Gasteiger partial charge < -0.3 is 9.47 Å². The molecule has 132 valence electrons. The van der Waals surface area contributed by atoms with Crippen molar-refractivity contribution in [1.82, 2.24) is 0 Å². The van der Waals surface area contributed by atoms with E-state index in [1.165, 1.54) is 12.1 Å². The van der Waals surface area contributed by atoms with Crippen molar-refractivity contribution < 1.29 is 18.8 Å². The molecule has 0 amide bonds. The summed E-state index contributed by atoms with van der Waals surface area (Å²) in [6.07, 6.45) is 0. The smallest absolute Gasteiger partial charge is 0.272 e. The zero-order valence-electron chi connectivity index (χ0n) is 13.4. The maximum atomic E-state index is 14.1. The zero-order valence-corrected chi connectivity index (χ0v) is 15.0. The van der Waals surface area contributed by atoms with Gasteiger partial charge in [-0.15, -0.1) is 0 Å². The molecule has 3 aromatic carbocycles. The predicted octanol–water partition coefficient (Wildman–Crippen LogP) is 5.87. The summed E-state index contributed by atoms with van der Waals surface area (Å²) in [7, 11) is 0. The molecule has 0 saturated heterocycles. The number of nitro benzene ring substituents is 1. The number of para-hydroxylation sites is 1. The Balaban J connectivity index is 1.84. The highest BCUT2D eigenvalue weighted by molar-refractivity contribution is 9.10. The minimum atomic E-state index is -0.826. The summed E-state index contributed by atoms with van der Waals surface area (Å²) in [5, 5.41) is 10.7. The first-order valence-electron chi connectivity index (χ1n) is 7.61. The normalized spacial score (nSPS) is 10.4. The van der Waals surface area contributed by atoms with Gasteiger partial charge in [-0.3, -0.25) is 10.1 Å². The Labute approximate surface area is 157 Å². The third-order valence-electron chi connectivity index (χ3n) is 3.50. The van der Waals surface area contributed by atoms with E-state index in [4.69, 9.17) is 9.47 Å². The summed E-state index contributed by atoms with van der Waals surface area (Å²) < 4.78 is 26.2. The summed E-state index contributed by atoms with van der Waals surface area (Å²) in [6.45, 7) is 0.308. The van der Waals surface area contributed by atoms with Gasteiger partial charge in [0.2, 0.25) is 0 Å². The average molecular weight is 418 g/mol. The molecule has 0 saturated carbocycles. The van der Waals surface area contributed by atoms with Gasteiger partial charge in [0.05, 0.1) is 15.5 Å². The van der Waals surface area contributed by atoms with Crippen LogP contribution >= 0.6 is 15.9 Å². The van der Waals surface area contributed by atoms with Crippen LogP contribution in [0.3, 0.4) is 0 Å². The number of ether oxygens (including phenoxy) is 2. The maximum Gasteiger partial charge on any atom is 0.272 e. The van der Waals surface area contributed by atoms with E-state index in [2.05, 4.69) is 15.9 Å². The third kappa shape index (κ3) is 4.18.